The lowest BCUT2D eigenvalue weighted by Crippen LogP contribution is -2.35. The van der Waals surface area contributed by atoms with Crippen LogP contribution in [0.5, 0.6) is 0 Å². The number of sulfonamides is 1. The van der Waals surface area contributed by atoms with E-state index in [0.29, 0.717) is 8.66 Å². The molecule has 0 aliphatic carbocycles. The van der Waals surface area contributed by atoms with Gasteiger partial charge in [-0.25, -0.2) is 13.1 Å². The van der Waals surface area contributed by atoms with E-state index in [1.165, 1.54) is 6.07 Å². The molecule has 0 bridgehead atoms. The van der Waals surface area contributed by atoms with E-state index in [9.17, 15) is 21.6 Å². The highest BCUT2D eigenvalue weighted by Gasteiger charge is 2.32. The van der Waals surface area contributed by atoms with E-state index in [2.05, 4.69) is 15.9 Å². The van der Waals surface area contributed by atoms with Crippen LogP contribution in [0.4, 0.5) is 13.2 Å². The molecule has 1 heterocycles. The summed E-state index contributed by atoms with van der Waals surface area (Å²) in [4.78, 5) is 0.530. The highest BCUT2D eigenvalue weighted by atomic mass is 79.9. The lowest BCUT2D eigenvalue weighted by molar-refractivity contribution is -0.137. The predicted octanol–water partition coefficient (Wildman–Crippen LogP) is 2.59. The summed E-state index contributed by atoms with van der Waals surface area (Å²) in [5.74, 6) is 0. The molecule has 19 heavy (non-hydrogen) atoms. The van der Waals surface area contributed by atoms with Gasteiger partial charge >= 0.3 is 6.18 Å². The van der Waals surface area contributed by atoms with Crippen molar-refractivity contribution in [3.8, 4) is 0 Å². The van der Waals surface area contributed by atoms with Crippen molar-refractivity contribution in [3.63, 3.8) is 0 Å². The molecule has 10 heteroatoms. The van der Waals surface area contributed by atoms with Crippen LogP contribution < -0.4 is 10.5 Å². The molecule has 0 saturated heterocycles. The molecule has 0 fully saturated rings. The second-order valence-electron chi connectivity index (χ2n) is 3.90. The molecule has 110 valence electrons. The molecule has 4 nitrogen and oxygen atoms in total. The van der Waals surface area contributed by atoms with E-state index in [4.69, 9.17) is 5.73 Å². The van der Waals surface area contributed by atoms with Crippen LogP contribution in [0, 0.1) is 0 Å². The number of rotatable bonds is 5. The van der Waals surface area contributed by atoms with Gasteiger partial charge in [-0.05, 0) is 28.9 Å². The molecule has 0 aliphatic rings. The van der Waals surface area contributed by atoms with Gasteiger partial charge in [0.25, 0.3) is 0 Å². The summed E-state index contributed by atoms with van der Waals surface area (Å²) < 4.78 is 62.7. The monoisotopic (exact) mass is 380 g/mol. The quantitative estimate of drug-likeness (QED) is 0.824. The van der Waals surface area contributed by atoms with Gasteiger partial charge < -0.3 is 5.73 Å². The Labute approximate surface area is 121 Å². The first kappa shape index (κ1) is 16.9. The first-order valence-electron chi connectivity index (χ1n) is 5.12. The summed E-state index contributed by atoms with van der Waals surface area (Å²) in [5, 5.41) is 0. The topological polar surface area (TPSA) is 72.2 Å². The van der Waals surface area contributed by atoms with Crippen molar-refractivity contribution in [2.75, 3.05) is 0 Å². The number of hydrogen-bond donors (Lipinski definition) is 2. The largest absolute Gasteiger partial charge is 0.390 e. The molecule has 0 aliphatic heterocycles. The molecule has 1 rings (SSSR count). The molecule has 1 aromatic heterocycles. The molecule has 0 amide bonds. The number of alkyl halides is 3. The van der Waals surface area contributed by atoms with Crippen LogP contribution in [0.15, 0.2) is 14.7 Å². The zero-order valence-electron chi connectivity index (χ0n) is 9.79. The maximum atomic E-state index is 12.2. The summed E-state index contributed by atoms with van der Waals surface area (Å²) in [5.41, 5.74) is 5.39. The second kappa shape index (κ2) is 6.08. The Morgan fingerprint density at radius 2 is 2.11 bits per heavy atom. The molecule has 0 aromatic carbocycles. The first-order valence-corrected chi connectivity index (χ1v) is 8.22. The fourth-order valence-corrected chi connectivity index (χ4v) is 5.20. The second-order valence-corrected chi connectivity index (χ2v) is 8.03. The van der Waals surface area contributed by atoms with E-state index >= 15 is 0 Å². The van der Waals surface area contributed by atoms with Crippen molar-refractivity contribution in [1.29, 1.82) is 0 Å². The van der Waals surface area contributed by atoms with Gasteiger partial charge in [-0.2, -0.15) is 13.2 Å². The normalized spacial score (nSPS) is 14.6. The molecule has 0 saturated carbocycles. The Balaban J connectivity index is 2.89. The number of nitrogens with two attached hydrogens (primary N) is 1. The number of nitrogens with one attached hydrogen (secondary N) is 1. The molecule has 0 spiro atoms. The van der Waals surface area contributed by atoms with Crippen molar-refractivity contribution in [2.45, 2.75) is 37.0 Å². The number of hydrogen-bond acceptors (Lipinski definition) is 4. The van der Waals surface area contributed by atoms with Gasteiger partial charge in [0.05, 0.1) is 10.2 Å². The Bertz CT molecular complexity index is 542. The van der Waals surface area contributed by atoms with E-state index in [0.717, 1.165) is 18.3 Å². The lowest BCUT2D eigenvalue weighted by atomic mass is 10.2. The van der Waals surface area contributed by atoms with Crippen molar-refractivity contribution in [3.05, 3.63) is 14.7 Å². The Kier molecular flexibility index (Phi) is 5.41. The summed E-state index contributed by atoms with van der Waals surface area (Å²) in [6.45, 7) is 1.33. The Morgan fingerprint density at radius 3 is 2.53 bits per heavy atom. The fourth-order valence-electron chi connectivity index (χ4n) is 1.40. The first-order chi connectivity index (χ1) is 8.55. The van der Waals surface area contributed by atoms with Gasteiger partial charge in [-0.3, -0.25) is 0 Å². The zero-order valence-corrected chi connectivity index (χ0v) is 13.0. The Hall–Kier alpha value is -0.160. The highest BCUT2D eigenvalue weighted by molar-refractivity contribution is 9.11. The van der Waals surface area contributed by atoms with Gasteiger partial charge in [-0.1, -0.05) is 0 Å². The van der Waals surface area contributed by atoms with Gasteiger partial charge in [0.2, 0.25) is 10.0 Å². The number of thiophene rings is 1. The van der Waals surface area contributed by atoms with E-state index in [1.54, 1.807) is 0 Å². The van der Waals surface area contributed by atoms with Crippen molar-refractivity contribution in [1.82, 2.24) is 4.72 Å². The lowest BCUT2D eigenvalue weighted by Gasteiger charge is -2.15. The van der Waals surface area contributed by atoms with E-state index in [1.807, 2.05) is 4.72 Å². The third-order valence-electron chi connectivity index (χ3n) is 2.09. The maximum Gasteiger partial charge on any atom is 0.390 e. The SMILES string of the molecule is CC(CC(F)(F)F)NS(=O)(=O)c1cc(CN)sc1Br. The number of halogens is 4. The van der Waals surface area contributed by atoms with Gasteiger partial charge in [0.15, 0.2) is 0 Å². The summed E-state index contributed by atoms with van der Waals surface area (Å²) in [6, 6.07) is 0.107. The minimum Gasteiger partial charge on any atom is -0.326 e. The molecule has 1 atom stereocenters. The third-order valence-corrected chi connectivity index (χ3v) is 5.96. The van der Waals surface area contributed by atoms with Crippen LogP contribution in [0.3, 0.4) is 0 Å². The average molecular weight is 381 g/mol. The highest BCUT2D eigenvalue weighted by Crippen LogP contribution is 2.32. The summed E-state index contributed by atoms with van der Waals surface area (Å²) in [7, 11) is -3.99. The summed E-state index contributed by atoms with van der Waals surface area (Å²) >= 11 is 4.20. The van der Waals surface area contributed by atoms with Gasteiger partial charge in [-0.15, -0.1) is 11.3 Å². The molecule has 1 aromatic rings. The average Bonchev–Trinajstić information content (AvgIpc) is 2.56. The van der Waals surface area contributed by atoms with Crippen LogP contribution in [0.1, 0.15) is 18.2 Å². The molecule has 0 radical (unpaired) electrons. The van der Waals surface area contributed by atoms with Crippen molar-refractivity contribution < 1.29 is 21.6 Å². The van der Waals surface area contributed by atoms with Crippen molar-refractivity contribution >= 4 is 37.3 Å². The zero-order chi connectivity index (χ0) is 14.8. The smallest absolute Gasteiger partial charge is 0.326 e. The van der Waals surface area contributed by atoms with Gasteiger partial charge in [0.1, 0.15) is 4.90 Å². The van der Waals surface area contributed by atoms with Crippen LogP contribution in [-0.2, 0) is 16.6 Å². The molecular weight excluding hydrogens is 369 g/mol. The predicted molar refractivity (Wildman–Crippen MR) is 70.4 cm³/mol. The fraction of sp³-hybridized carbons (Fsp3) is 0.556. The molecule has 1 unspecified atom stereocenters. The van der Waals surface area contributed by atoms with Crippen LogP contribution in [0.25, 0.3) is 0 Å². The molecule has 3 N–H and O–H groups in total. The molecular formula is C9H12BrF3N2O2S2. The van der Waals surface area contributed by atoms with Gasteiger partial charge in [0, 0.05) is 17.5 Å². The standard InChI is InChI=1S/C9H12BrF3N2O2S2/c1-5(3-9(11,12)13)15-19(16,17)7-2-6(4-14)18-8(7)10/h2,5,15H,3-4,14H2,1H3. The van der Waals surface area contributed by atoms with Crippen molar-refractivity contribution in [2.24, 2.45) is 5.73 Å². The third kappa shape index (κ3) is 5.03. The summed E-state index contributed by atoms with van der Waals surface area (Å²) in [6.07, 6.45) is -5.64. The van der Waals surface area contributed by atoms with Crippen LogP contribution in [-0.4, -0.2) is 20.6 Å². The van der Waals surface area contributed by atoms with Crippen LogP contribution in [0.2, 0.25) is 0 Å². The Morgan fingerprint density at radius 1 is 1.53 bits per heavy atom. The van der Waals surface area contributed by atoms with Crippen LogP contribution >= 0.6 is 27.3 Å². The van der Waals surface area contributed by atoms with E-state index in [-0.39, 0.29) is 11.4 Å². The minimum absolute atomic E-state index is 0.0908. The maximum absolute atomic E-state index is 12.2. The van der Waals surface area contributed by atoms with E-state index < -0.39 is 28.7 Å². The minimum atomic E-state index is -4.42.